The smallest absolute Gasteiger partial charge is 0.227 e. The lowest BCUT2D eigenvalue weighted by Crippen LogP contribution is -1.84. The van der Waals surface area contributed by atoms with Crippen LogP contribution in [0.25, 0.3) is 22.6 Å². The largest absolute Gasteiger partial charge is 0.506 e. The zero-order valence-electron chi connectivity index (χ0n) is 13.7. The van der Waals surface area contributed by atoms with Crippen LogP contribution in [-0.4, -0.2) is 16.3 Å². The van der Waals surface area contributed by atoms with Crippen LogP contribution in [-0.2, 0) is 0 Å². The number of halogens is 3. The van der Waals surface area contributed by atoms with Gasteiger partial charge in [0.2, 0.25) is 5.89 Å². The average Bonchev–Trinajstić information content (AvgIpc) is 3.07. The highest BCUT2D eigenvalue weighted by Gasteiger charge is 2.10. The normalized spacial score (nSPS) is 11.5. The van der Waals surface area contributed by atoms with Crippen LogP contribution in [0.4, 0.5) is 10.1 Å². The van der Waals surface area contributed by atoms with Gasteiger partial charge in [-0.3, -0.25) is 4.99 Å². The van der Waals surface area contributed by atoms with Crippen molar-refractivity contribution >= 4 is 50.5 Å². The van der Waals surface area contributed by atoms with E-state index in [4.69, 9.17) is 16.0 Å². The van der Waals surface area contributed by atoms with Gasteiger partial charge in [0.05, 0.1) is 10.2 Å². The second-order valence-corrected chi connectivity index (χ2v) is 7.06. The van der Waals surface area contributed by atoms with Crippen molar-refractivity contribution in [2.75, 3.05) is 0 Å². The molecule has 1 heterocycles. The highest BCUT2D eigenvalue weighted by atomic mass is 79.9. The molecule has 0 radical (unpaired) electrons. The minimum Gasteiger partial charge on any atom is -0.506 e. The molecule has 0 aliphatic rings. The summed E-state index contributed by atoms with van der Waals surface area (Å²) in [5.74, 6) is 0.0358. The molecular weight excluding hydrogens is 435 g/mol. The zero-order valence-corrected chi connectivity index (χ0v) is 16.0. The van der Waals surface area contributed by atoms with Crippen molar-refractivity contribution in [1.82, 2.24) is 4.98 Å². The molecular formula is C20H11BrClFN2O2. The van der Waals surface area contributed by atoms with Crippen molar-refractivity contribution in [3.05, 3.63) is 75.5 Å². The second-order valence-electron chi connectivity index (χ2n) is 5.77. The first-order chi connectivity index (χ1) is 13.0. The zero-order chi connectivity index (χ0) is 19.0. The number of phenols is 1. The molecule has 1 N–H and O–H groups in total. The first-order valence-electron chi connectivity index (χ1n) is 7.88. The molecule has 1 aromatic heterocycles. The maximum atomic E-state index is 13.4. The number of oxazole rings is 1. The van der Waals surface area contributed by atoms with Crippen molar-refractivity contribution in [3.8, 4) is 17.2 Å². The van der Waals surface area contributed by atoms with Crippen molar-refractivity contribution < 1.29 is 13.9 Å². The topological polar surface area (TPSA) is 58.6 Å². The molecule has 0 fully saturated rings. The Morgan fingerprint density at radius 2 is 2.00 bits per heavy atom. The van der Waals surface area contributed by atoms with E-state index in [1.54, 1.807) is 42.5 Å². The molecule has 0 spiro atoms. The lowest BCUT2D eigenvalue weighted by atomic mass is 10.2. The summed E-state index contributed by atoms with van der Waals surface area (Å²) >= 11 is 9.24. The fourth-order valence-electron chi connectivity index (χ4n) is 2.57. The third-order valence-electron chi connectivity index (χ3n) is 3.85. The van der Waals surface area contributed by atoms with Crippen molar-refractivity contribution in [2.24, 2.45) is 4.99 Å². The summed E-state index contributed by atoms with van der Waals surface area (Å²) in [6.45, 7) is 0. The highest BCUT2D eigenvalue weighted by Crippen LogP contribution is 2.31. The number of benzene rings is 3. The van der Waals surface area contributed by atoms with Gasteiger partial charge in [0.15, 0.2) is 5.58 Å². The van der Waals surface area contributed by atoms with Crippen LogP contribution in [0.5, 0.6) is 5.75 Å². The molecule has 7 heteroatoms. The predicted octanol–water partition coefficient (Wildman–Crippen LogP) is 6.51. The van der Waals surface area contributed by atoms with Crippen molar-refractivity contribution in [1.29, 1.82) is 0 Å². The lowest BCUT2D eigenvalue weighted by Gasteiger charge is -2.02. The second kappa shape index (κ2) is 7.13. The fourth-order valence-corrected chi connectivity index (χ4v) is 3.40. The predicted molar refractivity (Wildman–Crippen MR) is 107 cm³/mol. The van der Waals surface area contributed by atoms with E-state index < -0.39 is 0 Å². The van der Waals surface area contributed by atoms with Gasteiger partial charge >= 0.3 is 0 Å². The number of hydrogen-bond donors (Lipinski definition) is 1. The fraction of sp³-hybridized carbons (Fsp3) is 0. The van der Waals surface area contributed by atoms with Crippen LogP contribution < -0.4 is 0 Å². The van der Waals surface area contributed by atoms with E-state index in [1.165, 1.54) is 18.3 Å². The average molecular weight is 446 g/mol. The van der Waals surface area contributed by atoms with Gasteiger partial charge in [-0.1, -0.05) is 17.7 Å². The Morgan fingerprint density at radius 1 is 1.15 bits per heavy atom. The van der Waals surface area contributed by atoms with Crippen molar-refractivity contribution in [3.63, 3.8) is 0 Å². The van der Waals surface area contributed by atoms with Crippen LogP contribution in [0.3, 0.4) is 0 Å². The van der Waals surface area contributed by atoms with E-state index in [1.807, 2.05) is 0 Å². The molecule has 3 aromatic carbocycles. The molecule has 0 aliphatic heterocycles. The SMILES string of the molecule is Oc1c(Br)cc(Cl)cc1C=Nc1ccc2oc(-c3cccc(F)c3)nc2c1. The Bertz CT molecular complexity index is 1190. The number of hydrogen-bond acceptors (Lipinski definition) is 4. The molecule has 4 rings (SSSR count). The molecule has 27 heavy (non-hydrogen) atoms. The molecule has 4 nitrogen and oxygen atoms in total. The third-order valence-corrected chi connectivity index (χ3v) is 4.68. The van der Waals surface area contributed by atoms with Crippen LogP contribution in [0.1, 0.15) is 5.56 Å². The van der Waals surface area contributed by atoms with Gasteiger partial charge in [-0.25, -0.2) is 9.37 Å². The first-order valence-corrected chi connectivity index (χ1v) is 9.05. The maximum Gasteiger partial charge on any atom is 0.227 e. The van der Waals surface area contributed by atoms with E-state index in [9.17, 15) is 9.50 Å². The number of aromatic nitrogens is 1. The molecule has 0 bridgehead atoms. The number of rotatable bonds is 3. The number of nitrogens with zero attached hydrogens (tertiary/aromatic N) is 2. The molecule has 0 saturated carbocycles. The molecule has 0 atom stereocenters. The third kappa shape index (κ3) is 3.72. The number of phenolic OH excluding ortho intramolecular Hbond substituents is 1. The minimum atomic E-state index is -0.354. The summed E-state index contributed by atoms with van der Waals surface area (Å²) in [6, 6.07) is 14.5. The van der Waals surface area contributed by atoms with E-state index in [0.29, 0.717) is 43.3 Å². The van der Waals surface area contributed by atoms with Crippen molar-refractivity contribution in [2.45, 2.75) is 0 Å². The number of aromatic hydroxyl groups is 1. The van der Waals surface area contributed by atoms with Gasteiger partial charge in [0, 0.05) is 22.4 Å². The summed E-state index contributed by atoms with van der Waals surface area (Å²) < 4.78 is 19.6. The van der Waals surface area contributed by atoms with E-state index in [-0.39, 0.29) is 11.6 Å². The molecule has 0 amide bonds. The van der Waals surface area contributed by atoms with E-state index in [0.717, 1.165) is 0 Å². The Labute approximate surface area is 167 Å². The summed E-state index contributed by atoms with van der Waals surface area (Å²) in [7, 11) is 0. The quantitative estimate of drug-likeness (QED) is 0.366. The molecule has 0 aliphatic carbocycles. The highest BCUT2D eigenvalue weighted by molar-refractivity contribution is 9.10. The summed E-state index contributed by atoms with van der Waals surface area (Å²) in [4.78, 5) is 8.76. The standard InChI is InChI=1S/C20H11BrClFN2O2/c21-16-8-13(22)6-12(19(16)26)10-24-15-4-5-18-17(9-15)25-20(27-18)11-2-1-3-14(23)7-11/h1-10,26H. The van der Waals surface area contributed by atoms with Crippen LogP contribution in [0, 0.1) is 5.82 Å². The summed E-state index contributed by atoms with van der Waals surface area (Å²) in [5, 5.41) is 10.5. The molecule has 4 aromatic rings. The number of aliphatic imine (C=N–C) groups is 1. The summed E-state index contributed by atoms with van der Waals surface area (Å²) in [5.41, 5.74) is 2.83. The van der Waals surface area contributed by atoms with E-state index in [2.05, 4.69) is 25.9 Å². The number of fused-ring (bicyclic) bond motifs is 1. The van der Waals surface area contributed by atoms with E-state index >= 15 is 0 Å². The maximum absolute atomic E-state index is 13.4. The first kappa shape index (κ1) is 17.7. The van der Waals surface area contributed by atoms with Gasteiger partial charge in [-0.15, -0.1) is 0 Å². The summed E-state index contributed by atoms with van der Waals surface area (Å²) in [6.07, 6.45) is 1.51. The van der Waals surface area contributed by atoms with Gasteiger partial charge in [-0.2, -0.15) is 0 Å². The Hall–Kier alpha value is -2.70. The molecule has 0 unspecified atom stereocenters. The van der Waals surface area contributed by atoms with Gasteiger partial charge in [0.25, 0.3) is 0 Å². The minimum absolute atomic E-state index is 0.0547. The Morgan fingerprint density at radius 3 is 2.81 bits per heavy atom. The molecule has 0 saturated heterocycles. The lowest BCUT2D eigenvalue weighted by molar-refractivity contribution is 0.471. The van der Waals surface area contributed by atoms with Crippen LogP contribution in [0.15, 0.2) is 68.5 Å². The monoisotopic (exact) mass is 444 g/mol. The van der Waals surface area contributed by atoms with Gasteiger partial charge in [-0.05, 0) is 64.5 Å². The Kier molecular flexibility index (Phi) is 4.68. The molecule has 134 valence electrons. The van der Waals surface area contributed by atoms with Crippen LogP contribution in [0.2, 0.25) is 5.02 Å². The van der Waals surface area contributed by atoms with Gasteiger partial charge < -0.3 is 9.52 Å². The Balaban J connectivity index is 1.68. The van der Waals surface area contributed by atoms with Crippen LogP contribution >= 0.6 is 27.5 Å². The van der Waals surface area contributed by atoms with Gasteiger partial charge in [0.1, 0.15) is 17.1 Å².